The molecular formula is C37H55N5O9. The summed E-state index contributed by atoms with van der Waals surface area (Å²) in [4.78, 5) is 93.2. The van der Waals surface area contributed by atoms with Crippen LogP contribution in [0, 0.1) is 23.7 Å². The molecule has 14 nitrogen and oxygen atoms in total. The molecule has 1 saturated carbocycles. The number of Topliss-reactive ketones (excluding diaryl/α,β-unsaturated/α-hetero) is 1. The third kappa shape index (κ3) is 11.8. The van der Waals surface area contributed by atoms with Crippen molar-refractivity contribution in [3.8, 4) is 0 Å². The molecule has 1 aliphatic carbocycles. The standard InChI is InChI=1S/C37H55N5O9/c1-6-13-27(32(44)34(46)38-20-28(43)40-30(36(48)49)25-16-11-8-12-17-25)39-33(45)31-26(23(4)5)18-19-42(31)35(47)29(24-14-9-7-10-15-24)41-37(50)51-21-22(2)3/h8,11-12,16-17,22-24,26-27,29-31H,6-7,9-10,13-15,18-21H2,1-5H3,(H,38,46)(H,39,45)(H,40,43)(H,41,50)(H,48,49)/t26?,27?,29-,30-,31-/m0/s1. The maximum Gasteiger partial charge on any atom is 0.407 e. The smallest absolute Gasteiger partial charge is 0.407 e. The van der Waals surface area contributed by atoms with Gasteiger partial charge < -0.3 is 36.0 Å². The Labute approximate surface area is 300 Å². The average Bonchev–Trinajstić information content (AvgIpc) is 3.57. The molecule has 14 heteroatoms. The first-order chi connectivity index (χ1) is 24.2. The Morgan fingerprint density at radius 2 is 1.57 bits per heavy atom. The number of ether oxygens (including phenoxy) is 1. The molecule has 51 heavy (non-hydrogen) atoms. The fourth-order valence-electron chi connectivity index (χ4n) is 6.90. The number of carbonyl (C=O) groups excluding carboxylic acids is 6. The molecule has 0 radical (unpaired) electrons. The minimum absolute atomic E-state index is 0.00305. The van der Waals surface area contributed by atoms with Crippen molar-refractivity contribution in [1.82, 2.24) is 26.2 Å². The Hall–Kier alpha value is -4.49. The Bertz CT molecular complexity index is 1380. The predicted molar refractivity (Wildman–Crippen MR) is 188 cm³/mol. The van der Waals surface area contributed by atoms with Crippen molar-refractivity contribution in [3.63, 3.8) is 0 Å². The Balaban J connectivity index is 1.73. The van der Waals surface area contributed by atoms with Gasteiger partial charge in [0, 0.05) is 6.54 Å². The van der Waals surface area contributed by atoms with E-state index in [4.69, 9.17) is 4.74 Å². The Morgan fingerprint density at radius 1 is 0.902 bits per heavy atom. The minimum Gasteiger partial charge on any atom is -0.479 e. The molecule has 5 atom stereocenters. The van der Waals surface area contributed by atoms with Crippen LogP contribution < -0.4 is 21.3 Å². The van der Waals surface area contributed by atoms with Crippen molar-refractivity contribution in [2.75, 3.05) is 19.7 Å². The van der Waals surface area contributed by atoms with Gasteiger partial charge in [-0.2, -0.15) is 0 Å². The highest BCUT2D eigenvalue weighted by molar-refractivity contribution is 6.38. The molecule has 5 amide bonds. The lowest BCUT2D eigenvalue weighted by Crippen LogP contribution is -2.59. The van der Waals surface area contributed by atoms with Crippen LogP contribution in [0.4, 0.5) is 4.79 Å². The van der Waals surface area contributed by atoms with E-state index in [1.807, 2.05) is 27.7 Å². The Kier molecular flexibility index (Phi) is 15.9. The van der Waals surface area contributed by atoms with Crippen LogP contribution in [0.3, 0.4) is 0 Å². The van der Waals surface area contributed by atoms with E-state index in [9.17, 15) is 38.7 Å². The number of hydrogen-bond acceptors (Lipinski definition) is 8. The van der Waals surface area contributed by atoms with Crippen molar-refractivity contribution >= 4 is 41.5 Å². The summed E-state index contributed by atoms with van der Waals surface area (Å²) in [5, 5.41) is 19.7. The quantitative estimate of drug-likeness (QED) is 0.151. The number of ketones is 1. The van der Waals surface area contributed by atoms with Crippen LogP contribution in [0.1, 0.15) is 97.6 Å². The molecular weight excluding hydrogens is 658 g/mol. The number of benzene rings is 1. The molecule has 2 fully saturated rings. The van der Waals surface area contributed by atoms with Crippen molar-refractivity contribution in [2.45, 2.75) is 110 Å². The van der Waals surface area contributed by atoms with Crippen LogP contribution in [0.15, 0.2) is 30.3 Å². The van der Waals surface area contributed by atoms with Gasteiger partial charge in [-0.15, -0.1) is 0 Å². The van der Waals surface area contributed by atoms with E-state index in [0.717, 1.165) is 32.1 Å². The first-order valence-corrected chi connectivity index (χ1v) is 18.2. The first kappa shape index (κ1) is 40.9. The van der Waals surface area contributed by atoms with Gasteiger partial charge in [0.1, 0.15) is 12.1 Å². The number of carboxylic acids is 1. The van der Waals surface area contributed by atoms with Crippen molar-refractivity contribution in [1.29, 1.82) is 0 Å². The van der Waals surface area contributed by atoms with Gasteiger partial charge in [-0.05, 0) is 54.9 Å². The van der Waals surface area contributed by atoms with Crippen LogP contribution in [-0.2, 0) is 33.5 Å². The second-order valence-corrected chi connectivity index (χ2v) is 14.3. The highest BCUT2D eigenvalue weighted by Crippen LogP contribution is 2.34. The summed E-state index contributed by atoms with van der Waals surface area (Å²) in [5.74, 6) is -5.39. The van der Waals surface area contributed by atoms with Gasteiger partial charge in [0.2, 0.25) is 23.5 Å². The number of carboxylic acid groups (broad SMARTS) is 1. The predicted octanol–water partition coefficient (Wildman–Crippen LogP) is 3.10. The third-order valence-corrected chi connectivity index (χ3v) is 9.59. The molecule has 282 valence electrons. The lowest BCUT2D eigenvalue weighted by atomic mass is 9.83. The van der Waals surface area contributed by atoms with Gasteiger partial charge >= 0.3 is 12.1 Å². The molecule has 2 aliphatic rings. The highest BCUT2D eigenvalue weighted by Gasteiger charge is 2.47. The molecule has 0 bridgehead atoms. The molecule has 1 aromatic carbocycles. The second-order valence-electron chi connectivity index (χ2n) is 14.3. The largest absolute Gasteiger partial charge is 0.479 e. The summed E-state index contributed by atoms with van der Waals surface area (Å²) in [7, 11) is 0. The van der Waals surface area contributed by atoms with E-state index >= 15 is 0 Å². The minimum atomic E-state index is -1.36. The number of likely N-dealkylation sites (tertiary alicyclic amines) is 1. The molecule has 0 aromatic heterocycles. The average molecular weight is 714 g/mol. The third-order valence-electron chi connectivity index (χ3n) is 9.59. The van der Waals surface area contributed by atoms with Crippen molar-refractivity contribution in [2.24, 2.45) is 23.7 Å². The molecule has 1 aromatic rings. The van der Waals surface area contributed by atoms with Crippen LogP contribution in [0.25, 0.3) is 0 Å². The summed E-state index contributed by atoms with van der Waals surface area (Å²) in [6.07, 6.45) is 4.82. The fraction of sp³-hybridized carbons (Fsp3) is 0.649. The molecule has 1 aliphatic heterocycles. The number of hydrogen-bond donors (Lipinski definition) is 5. The molecule has 5 N–H and O–H groups in total. The van der Waals surface area contributed by atoms with Gasteiger partial charge in [-0.3, -0.25) is 24.0 Å². The SMILES string of the molecule is CCCC(NC(=O)[C@@H]1C(C(C)C)CCN1C(=O)[C@@H](NC(=O)OCC(C)C)C1CCCCC1)C(=O)C(=O)NCC(=O)N[C@H](C(=O)O)c1ccccc1. The highest BCUT2D eigenvalue weighted by atomic mass is 16.5. The summed E-state index contributed by atoms with van der Waals surface area (Å²) in [5.41, 5.74) is 0.331. The fourth-order valence-corrected chi connectivity index (χ4v) is 6.90. The summed E-state index contributed by atoms with van der Waals surface area (Å²) >= 11 is 0. The van der Waals surface area contributed by atoms with Crippen LogP contribution in [0.2, 0.25) is 0 Å². The van der Waals surface area contributed by atoms with E-state index in [1.165, 1.54) is 17.0 Å². The molecule has 1 saturated heterocycles. The zero-order valence-electron chi connectivity index (χ0n) is 30.4. The maximum absolute atomic E-state index is 14.3. The zero-order valence-corrected chi connectivity index (χ0v) is 30.4. The van der Waals surface area contributed by atoms with E-state index in [-0.39, 0.29) is 49.2 Å². The monoisotopic (exact) mass is 713 g/mol. The van der Waals surface area contributed by atoms with Crippen molar-refractivity contribution in [3.05, 3.63) is 35.9 Å². The molecule has 3 rings (SSSR count). The molecule has 1 heterocycles. The van der Waals surface area contributed by atoms with Crippen LogP contribution in [-0.4, -0.2) is 89.3 Å². The zero-order chi connectivity index (χ0) is 37.7. The summed E-state index contributed by atoms with van der Waals surface area (Å²) in [6.45, 7) is 9.35. The van der Waals surface area contributed by atoms with Crippen LogP contribution in [0.5, 0.6) is 0 Å². The number of alkyl carbamates (subject to hydrolysis) is 1. The van der Waals surface area contributed by atoms with E-state index in [2.05, 4.69) is 21.3 Å². The Morgan fingerprint density at radius 3 is 2.16 bits per heavy atom. The number of nitrogens with one attached hydrogen (secondary N) is 4. The van der Waals surface area contributed by atoms with Gasteiger partial charge in [-0.1, -0.05) is 90.6 Å². The number of nitrogens with zero attached hydrogens (tertiary/aromatic N) is 1. The number of aliphatic carboxylic acids is 1. The van der Waals surface area contributed by atoms with Gasteiger partial charge in [0.25, 0.3) is 5.91 Å². The number of rotatable bonds is 17. The van der Waals surface area contributed by atoms with E-state index in [1.54, 1.807) is 25.1 Å². The topological polar surface area (TPSA) is 200 Å². The summed E-state index contributed by atoms with van der Waals surface area (Å²) < 4.78 is 5.36. The second kappa shape index (κ2) is 19.8. The number of carbonyl (C=O) groups is 7. The first-order valence-electron chi connectivity index (χ1n) is 18.2. The molecule has 0 spiro atoms. The normalized spacial score (nSPS) is 19.5. The van der Waals surface area contributed by atoms with E-state index in [0.29, 0.717) is 18.4 Å². The van der Waals surface area contributed by atoms with Gasteiger partial charge in [-0.25, -0.2) is 9.59 Å². The lowest BCUT2D eigenvalue weighted by Gasteiger charge is -2.36. The number of amides is 5. The maximum atomic E-state index is 14.3. The van der Waals surface area contributed by atoms with Gasteiger partial charge in [0.15, 0.2) is 6.04 Å². The van der Waals surface area contributed by atoms with E-state index < -0.39 is 66.3 Å². The molecule has 2 unspecified atom stereocenters. The van der Waals surface area contributed by atoms with Crippen LogP contribution >= 0.6 is 0 Å². The lowest BCUT2D eigenvalue weighted by molar-refractivity contribution is -0.144. The summed E-state index contributed by atoms with van der Waals surface area (Å²) in [6, 6.07) is 3.62. The van der Waals surface area contributed by atoms with Gasteiger partial charge in [0.05, 0.1) is 19.2 Å². The van der Waals surface area contributed by atoms with Crippen molar-refractivity contribution < 1.29 is 43.4 Å².